The molecule has 1 saturated heterocycles. The Morgan fingerprint density at radius 3 is 2.52 bits per heavy atom. The average molecular weight is 439 g/mol. The lowest BCUT2D eigenvalue weighted by atomic mass is 10.0. The molecule has 2 aromatic rings. The summed E-state index contributed by atoms with van der Waals surface area (Å²) in [5.41, 5.74) is 1.51. The second kappa shape index (κ2) is 8.60. The van der Waals surface area contributed by atoms with Crippen molar-refractivity contribution in [3.05, 3.63) is 77.8 Å². The van der Waals surface area contributed by atoms with E-state index in [4.69, 9.17) is 5.11 Å². The van der Waals surface area contributed by atoms with Gasteiger partial charge in [0, 0.05) is 35.2 Å². The summed E-state index contributed by atoms with van der Waals surface area (Å²) >= 11 is 1.53. The second-order valence-electron chi connectivity index (χ2n) is 7.06. The highest BCUT2D eigenvalue weighted by Gasteiger charge is 2.50. The number of oxime groups is 1. The molecule has 158 valence electrons. The Labute approximate surface area is 181 Å². The minimum atomic E-state index is -0.983. The number of aromatic carboxylic acids is 1. The summed E-state index contributed by atoms with van der Waals surface area (Å²) in [6, 6.07) is 10.9. The number of rotatable bonds is 6. The van der Waals surface area contributed by atoms with Crippen LogP contribution in [0.3, 0.4) is 0 Å². The first-order valence-electron chi connectivity index (χ1n) is 9.42. The number of β-lactam (4-membered cyclic amide) rings is 1. The minimum Gasteiger partial charge on any atom is -0.478 e. The summed E-state index contributed by atoms with van der Waals surface area (Å²) in [5.74, 6) is -1.17. The van der Waals surface area contributed by atoms with E-state index in [2.05, 4.69) is 10.5 Å². The number of amides is 2. The van der Waals surface area contributed by atoms with Crippen molar-refractivity contribution in [3.8, 4) is 0 Å². The molecule has 0 aliphatic carbocycles. The molecule has 0 saturated carbocycles. The van der Waals surface area contributed by atoms with Gasteiger partial charge in [0.2, 0.25) is 0 Å². The summed E-state index contributed by atoms with van der Waals surface area (Å²) < 4.78 is 1.84. The predicted octanol–water partition coefficient (Wildman–Crippen LogP) is 0.835. The van der Waals surface area contributed by atoms with Gasteiger partial charge in [-0.05, 0) is 0 Å². The van der Waals surface area contributed by atoms with Crippen LogP contribution >= 0.6 is 11.8 Å². The Morgan fingerprint density at radius 1 is 1.16 bits per heavy atom. The molecule has 4 rings (SSSR count). The number of hydrogen-bond acceptors (Lipinski definition) is 6. The average Bonchev–Trinajstić information content (AvgIpc) is 2.79. The second-order valence-corrected chi connectivity index (χ2v) is 8.17. The van der Waals surface area contributed by atoms with Crippen molar-refractivity contribution in [1.82, 2.24) is 10.2 Å². The molecule has 2 aliphatic heterocycles. The topological polar surface area (TPSA) is 123 Å². The summed E-state index contributed by atoms with van der Waals surface area (Å²) in [6.07, 6.45) is 5.14. The molecule has 9 nitrogen and oxygen atoms in total. The monoisotopic (exact) mass is 439 g/mol. The van der Waals surface area contributed by atoms with Crippen LogP contribution in [0.1, 0.15) is 15.9 Å². The summed E-state index contributed by atoms with van der Waals surface area (Å²) in [6.45, 7) is 0.524. The van der Waals surface area contributed by atoms with Crippen LogP contribution in [0, 0.1) is 0 Å². The van der Waals surface area contributed by atoms with Gasteiger partial charge in [-0.1, -0.05) is 35.5 Å². The van der Waals surface area contributed by atoms with Gasteiger partial charge in [-0.25, -0.2) is 9.36 Å². The van der Waals surface area contributed by atoms with E-state index in [0.717, 1.165) is 5.57 Å². The van der Waals surface area contributed by atoms with E-state index in [0.29, 0.717) is 17.9 Å². The fraction of sp³-hybridized carbons (Fsp3) is 0.190. The van der Waals surface area contributed by atoms with E-state index in [1.807, 2.05) is 4.57 Å². The third-order valence-electron chi connectivity index (χ3n) is 5.01. The maximum absolute atomic E-state index is 12.6. The zero-order chi connectivity index (χ0) is 22.0. The zero-order valence-corrected chi connectivity index (χ0v) is 17.0. The molecular formula is C21H19N4O5S+. The number of fused-ring (bicyclic) bond motifs is 1. The van der Waals surface area contributed by atoms with Gasteiger partial charge >= 0.3 is 5.97 Å². The number of carbonyl (C=O) groups is 3. The number of carbonyl (C=O) groups excluding carboxylic acids is 2. The van der Waals surface area contributed by atoms with Crippen LogP contribution in [-0.2, 0) is 16.1 Å². The molecule has 1 fully saturated rings. The lowest BCUT2D eigenvalue weighted by Crippen LogP contribution is -2.69. The highest BCUT2D eigenvalue weighted by Crippen LogP contribution is 2.36. The largest absolute Gasteiger partial charge is 0.478 e. The number of benzene rings is 1. The Kier molecular flexibility index (Phi) is 5.72. The van der Waals surface area contributed by atoms with Crippen LogP contribution in [0.25, 0.3) is 0 Å². The van der Waals surface area contributed by atoms with Crippen molar-refractivity contribution in [2.75, 3.05) is 5.75 Å². The van der Waals surface area contributed by atoms with Crippen LogP contribution in [-0.4, -0.2) is 55.9 Å². The van der Waals surface area contributed by atoms with E-state index < -0.39 is 17.9 Å². The molecule has 2 atom stereocenters. The van der Waals surface area contributed by atoms with Crippen molar-refractivity contribution < 1.29 is 29.3 Å². The lowest BCUT2D eigenvalue weighted by Gasteiger charge is -2.47. The fourth-order valence-corrected chi connectivity index (χ4v) is 4.68. The molecule has 3 N–H and O–H groups in total. The van der Waals surface area contributed by atoms with E-state index >= 15 is 0 Å². The molecule has 2 aliphatic rings. The normalized spacial score (nSPS) is 20.4. The standard InChI is InChI=1S/C21H18N4O5S/c26-18(16(23-30)14-4-2-1-3-5-14)22-17-19(27)25-11-13(12-31-20(17)25)10-24-8-6-15(7-9-24)21(28)29/h1-9,11,17,20H,10,12H2,(H2-,22,26,28,29,30)/p+1/t17-,20+/m1/s1. The molecule has 1 aromatic heterocycles. The Morgan fingerprint density at radius 2 is 1.87 bits per heavy atom. The zero-order valence-electron chi connectivity index (χ0n) is 16.2. The van der Waals surface area contributed by atoms with E-state index in [1.165, 1.54) is 23.9 Å². The van der Waals surface area contributed by atoms with Gasteiger partial charge in [-0.3, -0.25) is 9.59 Å². The number of carboxylic acids is 1. The van der Waals surface area contributed by atoms with Crippen LogP contribution in [0.5, 0.6) is 0 Å². The number of thioether (sulfide) groups is 1. The van der Waals surface area contributed by atoms with E-state index in [9.17, 15) is 19.6 Å². The van der Waals surface area contributed by atoms with Crippen molar-refractivity contribution in [2.24, 2.45) is 5.16 Å². The molecule has 2 amide bonds. The van der Waals surface area contributed by atoms with Crippen LogP contribution in [0.4, 0.5) is 0 Å². The smallest absolute Gasteiger partial charge is 0.336 e. The first-order chi connectivity index (χ1) is 15.0. The Hall–Kier alpha value is -3.66. The van der Waals surface area contributed by atoms with Crippen molar-refractivity contribution in [3.63, 3.8) is 0 Å². The van der Waals surface area contributed by atoms with Gasteiger partial charge in [-0.15, -0.1) is 11.8 Å². The minimum absolute atomic E-state index is 0.148. The van der Waals surface area contributed by atoms with Crippen molar-refractivity contribution in [2.45, 2.75) is 18.0 Å². The van der Waals surface area contributed by atoms with Gasteiger partial charge in [-0.2, -0.15) is 0 Å². The molecule has 0 unspecified atom stereocenters. The van der Waals surface area contributed by atoms with Gasteiger partial charge in [0.25, 0.3) is 11.8 Å². The van der Waals surface area contributed by atoms with Crippen molar-refractivity contribution in [1.29, 1.82) is 0 Å². The number of nitrogens with one attached hydrogen (secondary N) is 1. The number of carboxylic acid groups (broad SMARTS) is 1. The Balaban J connectivity index is 1.39. The van der Waals surface area contributed by atoms with Gasteiger partial charge < -0.3 is 20.5 Å². The maximum Gasteiger partial charge on any atom is 0.336 e. The number of nitrogens with zero attached hydrogens (tertiary/aromatic N) is 3. The molecule has 1 aromatic carbocycles. The molecule has 31 heavy (non-hydrogen) atoms. The first kappa shape index (κ1) is 20.6. The van der Waals surface area contributed by atoms with Gasteiger partial charge in [0.15, 0.2) is 24.7 Å². The third-order valence-corrected chi connectivity index (χ3v) is 6.39. The highest BCUT2D eigenvalue weighted by molar-refractivity contribution is 8.00. The lowest BCUT2D eigenvalue weighted by molar-refractivity contribution is -0.689. The fourth-order valence-electron chi connectivity index (χ4n) is 3.43. The van der Waals surface area contributed by atoms with Gasteiger partial charge in [0.1, 0.15) is 11.4 Å². The van der Waals surface area contributed by atoms with Crippen LogP contribution in [0.15, 0.2) is 71.8 Å². The van der Waals surface area contributed by atoms with Gasteiger partial charge in [0.05, 0.1) is 5.56 Å². The Bertz CT molecular complexity index is 1080. The molecular weight excluding hydrogens is 420 g/mol. The molecule has 0 radical (unpaired) electrons. The van der Waals surface area contributed by atoms with Crippen LogP contribution < -0.4 is 9.88 Å². The quantitative estimate of drug-likeness (QED) is 0.201. The summed E-state index contributed by atoms with van der Waals surface area (Å²) in [4.78, 5) is 37.6. The number of pyridine rings is 1. The van der Waals surface area contributed by atoms with Crippen molar-refractivity contribution >= 4 is 35.3 Å². The molecule has 10 heteroatoms. The number of hydrogen-bond donors (Lipinski definition) is 3. The molecule has 0 spiro atoms. The summed E-state index contributed by atoms with van der Waals surface area (Å²) in [7, 11) is 0. The molecule has 3 heterocycles. The SMILES string of the molecule is O=C(N[C@@H]1C(=O)N2C=C(C[n+]3ccc(C(=O)O)cc3)CS[C@@H]12)C(=NO)c1ccccc1. The predicted molar refractivity (Wildman–Crippen MR) is 111 cm³/mol. The third kappa shape index (κ3) is 4.15. The highest BCUT2D eigenvalue weighted by atomic mass is 32.2. The van der Waals surface area contributed by atoms with E-state index in [-0.39, 0.29) is 22.6 Å². The summed E-state index contributed by atoms with van der Waals surface area (Å²) in [5, 5.41) is 23.8. The van der Waals surface area contributed by atoms with E-state index in [1.54, 1.807) is 53.8 Å². The maximum atomic E-state index is 12.6. The number of aromatic nitrogens is 1. The molecule has 0 bridgehead atoms. The first-order valence-corrected chi connectivity index (χ1v) is 10.5. The van der Waals surface area contributed by atoms with Crippen LogP contribution in [0.2, 0.25) is 0 Å².